The Balaban J connectivity index is 2.00. The summed E-state index contributed by atoms with van der Waals surface area (Å²) in [5.74, 6) is 1.02. The molecule has 0 radical (unpaired) electrons. The highest BCUT2D eigenvalue weighted by atomic mass is 35.5. The van der Waals surface area contributed by atoms with E-state index in [1.807, 2.05) is 0 Å². The van der Waals surface area contributed by atoms with Crippen LogP contribution in [0.2, 0.25) is 10.0 Å². The molecular formula is C16H15Cl2NO4. The van der Waals surface area contributed by atoms with Crippen LogP contribution in [0.25, 0.3) is 0 Å². The zero-order valence-corrected chi connectivity index (χ0v) is 14.1. The Hall–Kier alpha value is -2.11. The maximum absolute atomic E-state index is 12.0. The van der Waals surface area contributed by atoms with Crippen LogP contribution in [0.4, 0.5) is 5.69 Å². The second-order valence-electron chi connectivity index (χ2n) is 4.46. The average Bonchev–Trinajstić information content (AvgIpc) is 2.55. The fourth-order valence-corrected chi connectivity index (χ4v) is 2.18. The van der Waals surface area contributed by atoms with Crippen molar-refractivity contribution in [1.82, 2.24) is 0 Å². The van der Waals surface area contributed by atoms with Crippen LogP contribution in [0, 0.1) is 0 Å². The van der Waals surface area contributed by atoms with E-state index in [2.05, 4.69) is 5.32 Å². The summed E-state index contributed by atoms with van der Waals surface area (Å²) < 4.78 is 15.9. The lowest BCUT2D eigenvalue weighted by atomic mass is 10.3. The largest absolute Gasteiger partial charge is 0.493 e. The van der Waals surface area contributed by atoms with Crippen LogP contribution < -0.4 is 19.5 Å². The molecule has 0 bridgehead atoms. The molecule has 1 amide bonds. The summed E-state index contributed by atoms with van der Waals surface area (Å²) in [4.78, 5) is 12.0. The van der Waals surface area contributed by atoms with E-state index in [0.717, 1.165) is 0 Å². The fourth-order valence-electron chi connectivity index (χ4n) is 1.89. The molecule has 0 saturated heterocycles. The van der Waals surface area contributed by atoms with Crippen LogP contribution >= 0.6 is 23.2 Å². The maximum Gasteiger partial charge on any atom is 0.262 e. The van der Waals surface area contributed by atoms with Gasteiger partial charge in [0.15, 0.2) is 18.1 Å². The summed E-state index contributed by atoms with van der Waals surface area (Å²) in [6.45, 7) is -0.191. The molecule has 23 heavy (non-hydrogen) atoms. The van der Waals surface area contributed by atoms with E-state index in [1.54, 1.807) is 36.4 Å². The van der Waals surface area contributed by atoms with Gasteiger partial charge in [-0.25, -0.2) is 0 Å². The van der Waals surface area contributed by atoms with E-state index in [4.69, 9.17) is 37.4 Å². The molecule has 0 fully saturated rings. The number of methoxy groups -OCH3 is 2. The quantitative estimate of drug-likeness (QED) is 0.849. The number of nitrogens with one attached hydrogen (secondary N) is 1. The second kappa shape index (κ2) is 7.94. The van der Waals surface area contributed by atoms with Crippen LogP contribution in [0.3, 0.4) is 0 Å². The van der Waals surface area contributed by atoms with Gasteiger partial charge in [0.25, 0.3) is 5.91 Å². The Kier molecular flexibility index (Phi) is 5.96. The maximum atomic E-state index is 12.0. The molecule has 2 aromatic rings. The molecule has 122 valence electrons. The van der Waals surface area contributed by atoms with Crippen LogP contribution in [-0.4, -0.2) is 26.7 Å². The topological polar surface area (TPSA) is 56.8 Å². The monoisotopic (exact) mass is 355 g/mol. The SMILES string of the molecule is COc1cccc(OCC(=O)Nc2ccc(Cl)c(Cl)c2)c1OC. The number of amides is 1. The van der Waals surface area contributed by atoms with Gasteiger partial charge in [0.1, 0.15) is 0 Å². The van der Waals surface area contributed by atoms with Crippen LogP contribution in [0.15, 0.2) is 36.4 Å². The van der Waals surface area contributed by atoms with Crippen LogP contribution in [0.5, 0.6) is 17.2 Å². The summed E-state index contributed by atoms with van der Waals surface area (Å²) >= 11 is 11.7. The molecule has 7 heteroatoms. The van der Waals surface area contributed by atoms with Gasteiger partial charge < -0.3 is 19.5 Å². The summed E-state index contributed by atoms with van der Waals surface area (Å²) in [6.07, 6.45) is 0. The zero-order valence-electron chi connectivity index (χ0n) is 12.6. The van der Waals surface area contributed by atoms with Gasteiger partial charge in [0.2, 0.25) is 5.75 Å². The predicted molar refractivity (Wildman–Crippen MR) is 90.1 cm³/mol. The summed E-state index contributed by atoms with van der Waals surface area (Å²) in [6, 6.07) is 9.99. The summed E-state index contributed by atoms with van der Waals surface area (Å²) in [5.41, 5.74) is 0.533. The van der Waals surface area contributed by atoms with E-state index in [9.17, 15) is 4.79 Å². The molecule has 2 aromatic carbocycles. The Bertz CT molecular complexity index is 706. The number of hydrogen-bond donors (Lipinski definition) is 1. The first-order valence-electron chi connectivity index (χ1n) is 6.64. The van der Waals surface area contributed by atoms with Gasteiger partial charge in [-0.15, -0.1) is 0 Å². The molecule has 0 unspecified atom stereocenters. The van der Waals surface area contributed by atoms with Crippen molar-refractivity contribution in [3.8, 4) is 17.2 Å². The van der Waals surface area contributed by atoms with Gasteiger partial charge in [-0.3, -0.25) is 4.79 Å². The van der Waals surface area contributed by atoms with Gasteiger partial charge in [-0.1, -0.05) is 29.3 Å². The lowest BCUT2D eigenvalue weighted by Crippen LogP contribution is -2.20. The number of carbonyl (C=O) groups is 1. The van der Waals surface area contributed by atoms with Crippen LogP contribution in [-0.2, 0) is 4.79 Å². The molecule has 0 aliphatic carbocycles. The molecule has 2 rings (SSSR count). The van der Waals surface area contributed by atoms with Crippen molar-refractivity contribution in [2.24, 2.45) is 0 Å². The third-order valence-electron chi connectivity index (χ3n) is 2.93. The van der Waals surface area contributed by atoms with E-state index in [1.165, 1.54) is 14.2 Å². The van der Waals surface area contributed by atoms with Crippen molar-refractivity contribution in [2.45, 2.75) is 0 Å². The zero-order chi connectivity index (χ0) is 16.8. The number of anilines is 1. The van der Waals surface area contributed by atoms with Gasteiger partial charge in [0.05, 0.1) is 24.3 Å². The van der Waals surface area contributed by atoms with Crippen molar-refractivity contribution >= 4 is 34.8 Å². The number of benzene rings is 2. The number of para-hydroxylation sites is 1. The Morgan fingerprint density at radius 3 is 2.43 bits per heavy atom. The van der Waals surface area contributed by atoms with E-state index in [-0.39, 0.29) is 12.5 Å². The summed E-state index contributed by atoms with van der Waals surface area (Å²) in [7, 11) is 3.03. The number of carbonyl (C=O) groups excluding carboxylic acids is 1. The van der Waals surface area contributed by atoms with Gasteiger partial charge in [0, 0.05) is 5.69 Å². The molecule has 0 aromatic heterocycles. The lowest BCUT2D eigenvalue weighted by Gasteiger charge is -2.13. The predicted octanol–water partition coefficient (Wildman–Crippen LogP) is 4.03. The Morgan fingerprint density at radius 2 is 1.78 bits per heavy atom. The highest BCUT2D eigenvalue weighted by Gasteiger charge is 2.12. The van der Waals surface area contributed by atoms with E-state index in [0.29, 0.717) is 33.0 Å². The standard InChI is InChI=1S/C16H15Cl2NO4/c1-21-13-4-3-5-14(16(13)22-2)23-9-15(20)19-10-6-7-11(17)12(18)8-10/h3-8H,9H2,1-2H3,(H,19,20). The molecule has 5 nitrogen and oxygen atoms in total. The minimum absolute atomic E-state index is 0.191. The first-order chi connectivity index (χ1) is 11.0. The number of halogens is 2. The number of hydrogen-bond acceptors (Lipinski definition) is 4. The van der Waals surface area contributed by atoms with E-state index >= 15 is 0 Å². The van der Waals surface area contributed by atoms with E-state index < -0.39 is 0 Å². The van der Waals surface area contributed by atoms with Crippen molar-refractivity contribution in [1.29, 1.82) is 0 Å². The molecule has 0 saturated carbocycles. The highest BCUT2D eigenvalue weighted by molar-refractivity contribution is 6.42. The van der Waals surface area contributed by atoms with Crippen molar-refractivity contribution < 1.29 is 19.0 Å². The van der Waals surface area contributed by atoms with Crippen LogP contribution in [0.1, 0.15) is 0 Å². The fraction of sp³-hybridized carbons (Fsp3) is 0.188. The van der Waals surface area contributed by atoms with Crippen molar-refractivity contribution in [3.05, 3.63) is 46.4 Å². The molecule has 0 spiro atoms. The van der Waals surface area contributed by atoms with Gasteiger partial charge in [-0.2, -0.15) is 0 Å². The Morgan fingerprint density at radius 1 is 1.04 bits per heavy atom. The molecular weight excluding hydrogens is 341 g/mol. The first-order valence-corrected chi connectivity index (χ1v) is 7.39. The molecule has 0 aliphatic rings. The van der Waals surface area contributed by atoms with Crippen molar-refractivity contribution in [2.75, 3.05) is 26.1 Å². The van der Waals surface area contributed by atoms with Crippen molar-refractivity contribution in [3.63, 3.8) is 0 Å². The third-order valence-corrected chi connectivity index (χ3v) is 3.67. The number of ether oxygens (including phenoxy) is 3. The normalized spacial score (nSPS) is 10.1. The highest BCUT2D eigenvalue weighted by Crippen LogP contribution is 2.36. The molecule has 0 aliphatic heterocycles. The number of rotatable bonds is 6. The van der Waals surface area contributed by atoms with Gasteiger partial charge >= 0.3 is 0 Å². The smallest absolute Gasteiger partial charge is 0.262 e. The third kappa shape index (κ3) is 4.43. The Labute approximate surface area is 144 Å². The second-order valence-corrected chi connectivity index (χ2v) is 5.27. The average molecular weight is 356 g/mol. The summed E-state index contributed by atoms with van der Waals surface area (Å²) in [5, 5.41) is 3.45. The molecule has 0 heterocycles. The lowest BCUT2D eigenvalue weighted by molar-refractivity contribution is -0.118. The molecule has 0 atom stereocenters. The molecule has 1 N–H and O–H groups in total. The minimum Gasteiger partial charge on any atom is -0.493 e. The van der Waals surface area contributed by atoms with Gasteiger partial charge in [-0.05, 0) is 30.3 Å². The first kappa shape index (κ1) is 17.2. The minimum atomic E-state index is -0.340.